The number of aliphatic hydroxyl groups is 1. The average molecular weight is 269 g/mol. The second-order valence-electron chi connectivity index (χ2n) is 4.32. The third-order valence-electron chi connectivity index (χ3n) is 3.21. The number of H-pyrrole nitrogens is 1. The highest BCUT2D eigenvalue weighted by Crippen LogP contribution is 2.28. The number of hydrogen-bond acceptors (Lipinski definition) is 5. The molecule has 7 heteroatoms. The second kappa shape index (κ2) is 4.38. The Morgan fingerprint density at radius 2 is 2.33 bits per heavy atom. The number of β-amino-alcohol motifs (C(OH)–C–C–N with tert-alkyl or cyclic N) is 1. The molecule has 18 heavy (non-hydrogen) atoms. The molecule has 1 fully saturated rings. The summed E-state index contributed by atoms with van der Waals surface area (Å²) >= 11 is 5.93. The zero-order chi connectivity index (χ0) is 12.7. The van der Waals surface area contributed by atoms with Crippen LogP contribution in [0.1, 0.15) is 0 Å². The van der Waals surface area contributed by atoms with Crippen molar-refractivity contribution >= 4 is 28.5 Å². The maximum absolute atomic E-state index is 9.85. The van der Waals surface area contributed by atoms with Crippen LogP contribution in [-0.2, 0) is 4.74 Å². The third kappa shape index (κ3) is 1.82. The van der Waals surface area contributed by atoms with E-state index in [2.05, 4.69) is 15.0 Å². The number of nitrogens with one attached hydrogen (secondary N) is 1. The summed E-state index contributed by atoms with van der Waals surface area (Å²) in [7, 11) is 1.60. The van der Waals surface area contributed by atoms with Gasteiger partial charge in [0, 0.05) is 20.2 Å². The van der Waals surface area contributed by atoms with Crippen molar-refractivity contribution in [1.29, 1.82) is 0 Å². The molecule has 96 valence electrons. The average Bonchev–Trinajstić information content (AvgIpc) is 2.90. The fraction of sp³-hybridized carbons (Fsp3) is 0.455. The number of aliphatic hydroxyl groups excluding tert-OH is 1. The lowest BCUT2D eigenvalue weighted by atomic mass is 10.3. The summed E-state index contributed by atoms with van der Waals surface area (Å²) in [6.07, 6.45) is 0.788. The summed E-state index contributed by atoms with van der Waals surface area (Å²) < 4.78 is 5.22. The Morgan fingerprint density at radius 3 is 3.06 bits per heavy atom. The van der Waals surface area contributed by atoms with E-state index < -0.39 is 6.10 Å². The zero-order valence-corrected chi connectivity index (χ0v) is 10.6. The molecule has 0 amide bonds. The molecule has 0 radical (unpaired) electrons. The number of aromatic amines is 1. The molecule has 1 saturated heterocycles. The van der Waals surface area contributed by atoms with Crippen LogP contribution < -0.4 is 4.90 Å². The minimum absolute atomic E-state index is 0.190. The Kier molecular flexibility index (Phi) is 2.85. The summed E-state index contributed by atoms with van der Waals surface area (Å²) in [5.74, 6) is 0.766. The SMILES string of the molecule is CO[C@@H]1CN(c2ncnc3[nH]c(Cl)cc23)C[C@H]1O. The molecular weight excluding hydrogens is 256 g/mol. The van der Waals surface area contributed by atoms with Crippen LogP contribution in [0.25, 0.3) is 11.0 Å². The van der Waals surface area contributed by atoms with E-state index >= 15 is 0 Å². The predicted octanol–water partition coefficient (Wildman–Crippen LogP) is 0.807. The van der Waals surface area contributed by atoms with Crippen LogP contribution in [0.5, 0.6) is 0 Å². The minimum atomic E-state index is -0.505. The van der Waals surface area contributed by atoms with Gasteiger partial charge in [0.1, 0.15) is 29.0 Å². The lowest BCUT2D eigenvalue weighted by Gasteiger charge is -2.16. The molecule has 1 aliphatic rings. The first-order valence-electron chi connectivity index (χ1n) is 5.64. The number of ether oxygens (including phenoxy) is 1. The molecule has 0 bridgehead atoms. The lowest BCUT2D eigenvalue weighted by molar-refractivity contribution is 0.0217. The van der Waals surface area contributed by atoms with E-state index in [1.807, 2.05) is 4.90 Å². The molecule has 2 aromatic heterocycles. The highest BCUT2D eigenvalue weighted by molar-refractivity contribution is 6.30. The van der Waals surface area contributed by atoms with E-state index in [0.29, 0.717) is 23.9 Å². The summed E-state index contributed by atoms with van der Waals surface area (Å²) in [5.41, 5.74) is 0.695. The number of fused-ring (bicyclic) bond motifs is 1. The molecule has 2 N–H and O–H groups in total. The van der Waals surface area contributed by atoms with Gasteiger partial charge in [-0.15, -0.1) is 0 Å². The van der Waals surface area contributed by atoms with Gasteiger partial charge in [0.15, 0.2) is 0 Å². The number of rotatable bonds is 2. The van der Waals surface area contributed by atoms with Gasteiger partial charge in [-0.05, 0) is 6.07 Å². The summed E-state index contributed by atoms with van der Waals surface area (Å²) in [6, 6.07) is 1.79. The van der Waals surface area contributed by atoms with Crippen LogP contribution in [0.15, 0.2) is 12.4 Å². The Bertz CT molecular complexity index is 573. The largest absolute Gasteiger partial charge is 0.388 e. The van der Waals surface area contributed by atoms with E-state index in [1.165, 1.54) is 6.33 Å². The first-order chi connectivity index (χ1) is 8.69. The monoisotopic (exact) mass is 268 g/mol. The molecule has 0 spiro atoms. The molecule has 3 heterocycles. The Hall–Kier alpha value is -1.37. The number of halogens is 1. The number of methoxy groups -OCH3 is 1. The second-order valence-corrected chi connectivity index (χ2v) is 4.73. The first-order valence-corrected chi connectivity index (χ1v) is 6.02. The third-order valence-corrected chi connectivity index (χ3v) is 3.41. The van der Waals surface area contributed by atoms with E-state index in [4.69, 9.17) is 16.3 Å². The lowest BCUT2D eigenvalue weighted by Crippen LogP contribution is -2.25. The van der Waals surface area contributed by atoms with Crippen molar-refractivity contribution in [3.63, 3.8) is 0 Å². The smallest absolute Gasteiger partial charge is 0.144 e. The van der Waals surface area contributed by atoms with E-state index in [0.717, 1.165) is 11.2 Å². The van der Waals surface area contributed by atoms with Crippen LogP contribution in [0.3, 0.4) is 0 Å². The van der Waals surface area contributed by atoms with Crippen molar-refractivity contribution in [3.8, 4) is 0 Å². The van der Waals surface area contributed by atoms with Crippen LogP contribution in [-0.4, -0.2) is 52.5 Å². The van der Waals surface area contributed by atoms with E-state index in [-0.39, 0.29) is 6.10 Å². The number of aromatic nitrogens is 3. The standard InChI is InChI=1S/C11H13ClN4O2/c1-18-8-4-16(3-7(8)17)11-6-2-9(12)15-10(6)13-5-14-11/h2,5,7-8,17H,3-4H2,1H3,(H,13,14,15)/t7-,8-/m1/s1. The van der Waals surface area contributed by atoms with Crippen LogP contribution in [0, 0.1) is 0 Å². The summed E-state index contributed by atoms with van der Waals surface area (Å²) in [4.78, 5) is 13.3. The van der Waals surface area contributed by atoms with Gasteiger partial charge in [0.05, 0.1) is 11.5 Å². The van der Waals surface area contributed by atoms with Gasteiger partial charge in [0.25, 0.3) is 0 Å². The summed E-state index contributed by atoms with van der Waals surface area (Å²) in [5, 5.41) is 11.2. The van der Waals surface area contributed by atoms with Crippen LogP contribution in [0.4, 0.5) is 5.82 Å². The van der Waals surface area contributed by atoms with Crippen molar-refractivity contribution in [2.75, 3.05) is 25.1 Å². The van der Waals surface area contributed by atoms with Gasteiger partial charge < -0.3 is 19.7 Å². The van der Waals surface area contributed by atoms with Crippen LogP contribution in [0.2, 0.25) is 5.15 Å². The molecule has 0 aliphatic carbocycles. The first kappa shape index (κ1) is 11.7. The van der Waals surface area contributed by atoms with Crippen molar-refractivity contribution < 1.29 is 9.84 Å². The van der Waals surface area contributed by atoms with Gasteiger partial charge in [-0.1, -0.05) is 11.6 Å². The highest BCUT2D eigenvalue weighted by Gasteiger charge is 2.32. The van der Waals surface area contributed by atoms with Crippen molar-refractivity contribution in [2.45, 2.75) is 12.2 Å². The van der Waals surface area contributed by atoms with E-state index in [1.54, 1.807) is 13.2 Å². The quantitative estimate of drug-likeness (QED) is 0.843. The molecular formula is C11H13ClN4O2. The fourth-order valence-electron chi connectivity index (χ4n) is 2.31. The molecule has 1 aliphatic heterocycles. The molecule has 6 nitrogen and oxygen atoms in total. The zero-order valence-electron chi connectivity index (χ0n) is 9.80. The van der Waals surface area contributed by atoms with E-state index in [9.17, 15) is 5.11 Å². The van der Waals surface area contributed by atoms with Crippen molar-refractivity contribution in [1.82, 2.24) is 15.0 Å². The van der Waals surface area contributed by atoms with Gasteiger partial charge in [-0.25, -0.2) is 9.97 Å². The Morgan fingerprint density at radius 1 is 1.50 bits per heavy atom. The normalized spacial score (nSPS) is 24.1. The predicted molar refractivity (Wildman–Crippen MR) is 67.9 cm³/mol. The van der Waals surface area contributed by atoms with Gasteiger partial charge in [-0.3, -0.25) is 0 Å². The van der Waals surface area contributed by atoms with Gasteiger partial charge in [0.2, 0.25) is 0 Å². The van der Waals surface area contributed by atoms with Crippen LogP contribution >= 0.6 is 11.6 Å². The fourth-order valence-corrected chi connectivity index (χ4v) is 2.51. The topological polar surface area (TPSA) is 74.3 Å². The number of hydrogen-bond donors (Lipinski definition) is 2. The number of nitrogens with zero attached hydrogens (tertiary/aromatic N) is 3. The molecule has 0 saturated carbocycles. The molecule has 0 unspecified atom stereocenters. The maximum Gasteiger partial charge on any atom is 0.144 e. The van der Waals surface area contributed by atoms with Crippen molar-refractivity contribution in [3.05, 3.63) is 17.5 Å². The Balaban J connectivity index is 2.00. The van der Waals surface area contributed by atoms with Gasteiger partial charge >= 0.3 is 0 Å². The van der Waals surface area contributed by atoms with Crippen molar-refractivity contribution in [2.24, 2.45) is 0 Å². The molecule has 0 aromatic carbocycles. The molecule has 2 aromatic rings. The number of anilines is 1. The van der Waals surface area contributed by atoms with Gasteiger partial charge in [-0.2, -0.15) is 0 Å². The maximum atomic E-state index is 9.85. The highest BCUT2D eigenvalue weighted by atomic mass is 35.5. The Labute approximate surface area is 109 Å². The molecule has 2 atom stereocenters. The molecule has 3 rings (SSSR count). The minimum Gasteiger partial charge on any atom is -0.388 e. The summed E-state index contributed by atoms with van der Waals surface area (Å²) in [6.45, 7) is 1.10.